The van der Waals surface area contributed by atoms with Crippen LogP contribution in [0.15, 0.2) is 53.1 Å². The van der Waals surface area contributed by atoms with Gasteiger partial charge in [0.25, 0.3) is 11.8 Å². The lowest BCUT2D eigenvalue weighted by atomic mass is 10.1. The van der Waals surface area contributed by atoms with Gasteiger partial charge in [-0.05, 0) is 75.2 Å². The molecule has 0 bridgehead atoms. The highest BCUT2D eigenvalue weighted by Crippen LogP contribution is 2.39. The Morgan fingerprint density at radius 3 is 2.29 bits per heavy atom. The molecule has 2 heterocycles. The molecular formula is C26H28N2O6. The number of carbonyl (C=O) groups excluding carboxylic acids is 2. The Balaban J connectivity index is 1.56. The van der Waals surface area contributed by atoms with Crippen molar-refractivity contribution in [2.24, 2.45) is 0 Å². The van der Waals surface area contributed by atoms with E-state index in [1.807, 2.05) is 32.9 Å². The average molecular weight is 465 g/mol. The molecule has 0 unspecified atom stereocenters. The zero-order valence-corrected chi connectivity index (χ0v) is 19.6. The van der Waals surface area contributed by atoms with Crippen molar-refractivity contribution in [3.05, 3.63) is 65.6 Å². The first-order valence-corrected chi connectivity index (χ1v) is 11.4. The summed E-state index contributed by atoms with van der Waals surface area (Å²) in [6, 6.07) is 12.2. The third-order valence-electron chi connectivity index (χ3n) is 5.38. The number of carbonyl (C=O) groups is 2. The monoisotopic (exact) mass is 464 g/mol. The Hall–Kier alpha value is -3.94. The van der Waals surface area contributed by atoms with E-state index in [0.29, 0.717) is 67.0 Å². The average Bonchev–Trinajstić information content (AvgIpc) is 3.51. The molecule has 1 aliphatic heterocycles. The predicted octanol–water partition coefficient (Wildman–Crippen LogP) is 4.93. The molecule has 1 aromatic heterocycles. The van der Waals surface area contributed by atoms with Gasteiger partial charge in [-0.2, -0.15) is 0 Å². The molecule has 0 radical (unpaired) electrons. The van der Waals surface area contributed by atoms with Crippen molar-refractivity contribution in [1.82, 2.24) is 0 Å². The number of ether oxygens (including phenoxy) is 3. The Morgan fingerprint density at radius 1 is 0.971 bits per heavy atom. The second kappa shape index (κ2) is 10.3. The molecule has 34 heavy (non-hydrogen) atoms. The molecule has 2 aromatic carbocycles. The van der Waals surface area contributed by atoms with Crippen LogP contribution in [0, 0.1) is 0 Å². The molecule has 0 atom stereocenters. The van der Waals surface area contributed by atoms with Gasteiger partial charge in [-0.15, -0.1) is 0 Å². The van der Waals surface area contributed by atoms with E-state index in [1.165, 1.54) is 6.26 Å². The van der Waals surface area contributed by atoms with Crippen LogP contribution in [0.5, 0.6) is 17.2 Å². The third kappa shape index (κ3) is 4.71. The number of rotatable bonds is 9. The minimum absolute atomic E-state index is 0.179. The zero-order chi connectivity index (χ0) is 24.1. The van der Waals surface area contributed by atoms with Gasteiger partial charge in [0.2, 0.25) is 5.75 Å². The number of hydrogen-bond donors (Lipinski definition) is 1. The summed E-state index contributed by atoms with van der Waals surface area (Å²) in [4.78, 5) is 27.5. The summed E-state index contributed by atoms with van der Waals surface area (Å²) in [6.07, 6.45) is 2.18. The minimum atomic E-state index is -0.300. The van der Waals surface area contributed by atoms with E-state index in [2.05, 4.69) is 5.32 Å². The Labute approximate surface area is 198 Å². The first-order chi connectivity index (χ1) is 16.5. The van der Waals surface area contributed by atoms with Gasteiger partial charge >= 0.3 is 0 Å². The number of amides is 2. The maximum Gasteiger partial charge on any atom is 0.293 e. The van der Waals surface area contributed by atoms with Crippen LogP contribution in [0.2, 0.25) is 0 Å². The van der Waals surface area contributed by atoms with E-state index in [0.717, 1.165) is 11.3 Å². The zero-order valence-electron chi connectivity index (χ0n) is 19.6. The molecule has 1 N–H and O–H groups in total. The van der Waals surface area contributed by atoms with Crippen molar-refractivity contribution in [3.8, 4) is 17.2 Å². The fourth-order valence-corrected chi connectivity index (χ4v) is 3.95. The summed E-state index contributed by atoms with van der Waals surface area (Å²) >= 11 is 0. The Bertz CT molecular complexity index is 1150. The first-order valence-electron chi connectivity index (χ1n) is 11.4. The standard InChI is InChI=1S/C26H28N2O6/c1-4-31-22-15-18(16-23(32-5-2)24(22)33-6-3)25(29)27-19-9-10-20-17(14-19)11-12-28(20)26(30)21-8-7-13-34-21/h7-10,13-16H,4-6,11-12H2,1-3H3,(H,27,29). The van der Waals surface area contributed by atoms with Crippen LogP contribution < -0.4 is 24.4 Å². The molecule has 8 nitrogen and oxygen atoms in total. The molecule has 0 saturated heterocycles. The Morgan fingerprint density at radius 2 is 1.68 bits per heavy atom. The van der Waals surface area contributed by atoms with E-state index in [9.17, 15) is 9.59 Å². The van der Waals surface area contributed by atoms with Crippen molar-refractivity contribution in [2.75, 3.05) is 36.6 Å². The van der Waals surface area contributed by atoms with Crippen molar-refractivity contribution in [3.63, 3.8) is 0 Å². The Kier molecular flexibility index (Phi) is 7.06. The topological polar surface area (TPSA) is 90.2 Å². The number of furan rings is 1. The molecule has 0 aliphatic carbocycles. The van der Waals surface area contributed by atoms with Crippen molar-refractivity contribution in [2.45, 2.75) is 27.2 Å². The van der Waals surface area contributed by atoms with Gasteiger partial charge in [0.15, 0.2) is 17.3 Å². The third-order valence-corrected chi connectivity index (χ3v) is 5.38. The van der Waals surface area contributed by atoms with Crippen molar-refractivity contribution >= 4 is 23.2 Å². The highest BCUT2D eigenvalue weighted by atomic mass is 16.5. The molecule has 3 aromatic rings. The van der Waals surface area contributed by atoms with Crippen LogP contribution >= 0.6 is 0 Å². The largest absolute Gasteiger partial charge is 0.490 e. The molecule has 0 fully saturated rings. The van der Waals surface area contributed by atoms with Crippen LogP contribution in [0.3, 0.4) is 0 Å². The number of hydrogen-bond acceptors (Lipinski definition) is 6. The van der Waals surface area contributed by atoms with Gasteiger partial charge in [-0.25, -0.2) is 0 Å². The summed E-state index contributed by atoms with van der Waals surface area (Å²) in [5, 5.41) is 2.94. The van der Waals surface area contributed by atoms with Crippen molar-refractivity contribution in [1.29, 1.82) is 0 Å². The highest BCUT2D eigenvalue weighted by molar-refractivity contribution is 6.07. The fourth-order valence-electron chi connectivity index (χ4n) is 3.95. The molecule has 178 valence electrons. The van der Waals surface area contributed by atoms with Crippen LogP contribution in [0.25, 0.3) is 0 Å². The second-order valence-electron chi connectivity index (χ2n) is 7.58. The molecule has 4 rings (SSSR count). The van der Waals surface area contributed by atoms with Crippen LogP contribution in [-0.4, -0.2) is 38.2 Å². The van der Waals surface area contributed by atoms with E-state index < -0.39 is 0 Å². The van der Waals surface area contributed by atoms with Gasteiger partial charge in [-0.3, -0.25) is 9.59 Å². The fraction of sp³-hybridized carbons (Fsp3) is 0.308. The minimum Gasteiger partial charge on any atom is -0.490 e. The SMILES string of the molecule is CCOc1cc(C(=O)Nc2ccc3c(c2)CCN3C(=O)c2ccco2)cc(OCC)c1OCC. The van der Waals surface area contributed by atoms with Gasteiger partial charge in [0.1, 0.15) is 0 Å². The lowest BCUT2D eigenvalue weighted by Gasteiger charge is -2.17. The molecule has 2 amide bonds. The maximum atomic E-state index is 13.1. The van der Waals surface area contributed by atoms with Crippen molar-refractivity contribution < 1.29 is 28.2 Å². The highest BCUT2D eigenvalue weighted by Gasteiger charge is 2.27. The van der Waals surface area contributed by atoms with Gasteiger partial charge < -0.3 is 28.8 Å². The molecule has 1 aliphatic rings. The molecule has 0 spiro atoms. The summed E-state index contributed by atoms with van der Waals surface area (Å²) in [5.74, 6) is 1.23. The summed E-state index contributed by atoms with van der Waals surface area (Å²) in [6.45, 7) is 7.47. The lowest BCUT2D eigenvalue weighted by molar-refractivity contribution is 0.0962. The lowest BCUT2D eigenvalue weighted by Crippen LogP contribution is -2.28. The van der Waals surface area contributed by atoms with Gasteiger partial charge in [0.05, 0.1) is 26.1 Å². The normalized spacial score (nSPS) is 12.3. The quantitative estimate of drug-likeness (QED) is 0.483. The molecule has 8 heteroatoms. The summed E-state index contributed by atoms with van der Waals surface area (Å²) < 4.78 is 22.4. The second-order valence-corrected chi connectivity index (χ2v) is 7.58. The summed E-state index contributed by atoms with van der Waals surface area (Å²) in [7, 11) is 0. The first kappa shape index (κ1) is 23.2. The molecular weight excluding hydrogens is 436 g/mol. The van der Waals surface area contributed by atoms with E-state index in [4.69, 9.17) is 18.6 Å². The van der Waals surface area contributed by atoms with E-state index >= 15 is 0 Å². The number of fused-ring (bicyclic) bond motifs is 1. The van der Waals surface area contributed by atoms with Gasteiger partial charge in [0, 0.05) is 23.5 Å². The molecule has 0 saturated carbocycles. The number of nitrogens with zero attached hydrogens (tertiary/aromatic N) is 1. The van der Waals surface area contributed by atoms with Crippen LogP contribution in [-0.2, 0) is 6.42 Å². The van der Waals surface area contributed by atoms with Gasteiger partial charge in [-0.1, -0.05) is 0 Å². The smallest absolute Gasteiger partial charge is 0.293 e. The number of benzene rings is 2. The number of anilines is 2. The van der Waals surface area contributed by atoms with Crippen LogP contribution in [0.4, 0.5) is 11.4 Å². The summed E-state index contributed by atoms with van der Waals surface area (Å²) in [5.41, 5.74) is 2.83. The van der Waals surface area contributed by atoms with E-state index in [-0.39, 0.29) is 11.8 Å². The van der Waals surface area contributed by atoms with E-state index in [1.54, 1.807) is 35.2 Å². The predicted molar refractivity (Wildman–Crippen MR) is 128 cm³/mol. The van der Waals surface area contributed by atoms with Crippen LogP contribution in [0.1, 0.15) is 47.2 Å². The number of nitrogens with one attached hydrogen (secondary N) is 1. The maximum absolute atomic E-state index is 13.1.